The van der Waals surface area contributed by atoms with E-state index >= 15 is 0 Å². The predicted molar refractivity (Wildman–Crippen MR) is 135 cm³/mol. The number of nitrogens with zero attached hydrogens (tertiary/aromatic N) is 3. The SMILES string of the molecule is O=C1CC(c2nc3ccccc3n2CCCOc2ccccc2Cl)CN1c1cccc(Br)c1. The van der Waals surface area contributed by atoms with Crippen LogP contribution in [0.25, 0.3) is 11.0 Å². The Labute approximate surface area is 206 Å². The molecule has 1 aliphatic heterocycles. The highest BCUT2D eigenvalue weighted by Crippen LogP contribution is 2.34. The lowest BCUT2D eigenvalue weighted by atomic mass is 10.1. The van der Waals surface area contributed by atoms with Crippen molar-refractivity contribution in [2.45, 2.75) is 25.3 Å². The molecule has 168 valence electrons. The molecule has 1 aromatic heterocycles. The Hall–Kier alpha value is -2.83. The molecule has 0 N–H and O–H groups in total. The van der Waals surface area contributed by atoms with Crippen molar-refractivity contribution in [3.63, 3.8) is 0 Å². The van der Waals surface area contributed by atoms with Gasteiger partial charge in [0.1, 0.15) is 11.6 Å². The molecule has 1 saturated heterocycles. The summed E-state index contributed by atoms with van der Waals surface area (Å²) in [6, 6.07) is 23.5. The number of carbonyl (C=O) groups is 1. The molecular formula is C26H23BrClN3O2. The third-order valence-electron chi connectivity index (χ3n) is 5.91. The van der Waals surface area contributed by atoms with Crippen molar-refractivity contribution in [1.29, 1.82) is 0 Å². The molecule has 3 aromatic carbocycles. The van der Waals surface area contributed by atoms with Crippen LogP contribution in [0.2, 0.25) is 5.02 Å². The van der Waals surface area contributed by atoms with Crippen LogP contribution in [0.15, 0.2) is 77.3 Å². The topological polar surface area (TPSA) is 47.4 Å². The number of aryl methyl sites for hydroxylation is 1. The molecule has 0 radical (unpaired) electrons. The Morgan fingerprint density at radius 1 is 1.06 bits per heavy atom. The molecule has 0 bridgehead atoms. The number of imidazole rings is 1. The Balaban J connectivity index is 1.36. The summed E-state index contributed by atoms with van der Waals surface area (Å²) in [6.45, 7) is 1.92. The fourth-order valence-corrected chi connectivity index (χ4v) is 4.96. The van der Waals surface area contributed by atoms with Gasteiger partial charge in [0.2, 0.25) is 5.91 Å². The van der Waals surface area contributed by atoms with Gasteiger partial charge < -0.3 is 14.2 Å². The van der Waals surface area contributed by atoms with Gasteiger partial charge in [0.15, 0.2) is 0 Å². The summed E-state index contributed by atoms with van der Waals surface area (Å²) in [7, 11) is 0. The second kappa shape index (κ2) is 9.57. The normalized spacial score (nSPS) is 16.0. The summed E-state index contributed by atoms with van der Waals surface area (Å²) >= 11 is 9.71. The molecule has 7 heteroatoms. The lowest BCUT2D eigenvalue weighted by Crippen LogP contribution is -2.24. The summed E-state index contributed by atoms with van der Waals surface area (Å²) in [5.41, 5.74) is 2.94. The van der Waals surface area contributed by atoms with E-state index in [9.17, 15) is 4.79 Å². The Bertz CT molecular complexity index is 1310. The van der Waals surface area contributed by atoms with Crippen LogP contribution in [0.5, 0.6) is 5.75 Å². The first-order valence-corrected chi connectivity index (χ1v) is 12.2. The number of ether oxygens (including phenoxy) is 1. The first kappa shape index (κ1) is 22.0. The van der Waals surface area contributed by atoms with Gasteiger partial charge in [0.25, 0.3) is 0 Å². The maximum absolute atomic E-state index is 12.9. The lowest BCUT2D eigenvalue weighted by molar-refractivity contribution is -0.117. The zero-order valence-corrected chi connectivity index (χ0v) is 20.3. The van der Waals surface area contributed by atoms with Crippen LogP contribution in [0.1, 0.15) is 24.6 Å². The van der Waals surface area contributed by atoms with Gasteiger partial charge in [-0.05, 0) is 48.9 Å². The van der Waals surface area contributed by atoms with Gasteiger partial charge in [0, 0.05) is 35.6 Å². The highest BCUT2D eigenvalue weighted by atomic mass is 79.9. The van der Waals surface area contributed by atoms with Gasteiger partial charge in [-0.3, -0.25) is 4.79 Å². The molecule has 4 aromatic rings. The van der Waals surface area contributed by atoms with Crippen molar-refractivity contribution in [2.75, 3.05) is 18.1 Å². The van der Waals surface area contributed by atoms with Crippen molar-refractivity contribution in [3.05, 3.63) is 88.1 Å². The maximum atomic E-state index is 12.9. The number of carbonyl (C=O) groups excluding carboxylic acids is 1. The molecule has 5 nitrogen and oxygen atoms in total. The third kappa shape index (κ3) is 4.63. The van der Waals surface area contributed by atoms with E-state index in [0.29, 0.717) is 30.3 Å². The molecule has 1 atom stereocenters. The lowest BCUT2D eigenvalue weighted by Gasteiger charge is -2.18. The Kier molecular flexibility index (Phi) is 6.38. The second-order valence-corrected chi connectivity index (χ2v) is 9.45. The number of hydrogen-bond acceptors (Lipinski definition) is 3. The van der Waals surface area contributed by atoms with Crippen molar-refractivity contribution in [2.24, 2.45) is 0 Å². The van der Waals surface area contributed by atoms with E-state index in [4.69, 9.17) is 21.3 Å². The van der Waals surface area contributed by atoms with Gasteiger partial charge in [0.05, 0.1) is 22.7 Å². The second-order valence-electron chi connectivity index (χ2n) is 8.13. The summed E-state index contributed by atoms with van der Waals surface area (Å²) in [5.74, 6) is 1.81. The standard InChI is InChI=1S/C26H23BrClN3O2/c27-19-7-5-8-20(16-19)31-17-18(15-25(31)32)26-29-22-10-2-3-11-23(22)30(26)13-6-14-33-24-12-4-1-9-21(24)28/h1-5,7-12,16,18H,6,13-15,17H2. The number of halogens is 2. The largest absolute Gasteiger partial charge is 0.492 e. The summed E-state index contributed by atoms with van der Waals surface area (Å²) in [4.78, 5) is 19.7. The summed E-state index contributed by atoms with van der Waals surface area (Å²) in [6.07, 6.45) is 1.25. The van der Waals surface area contributed by atoms with Crippen molar-refractivity contribution >= 4 is 50.2 Å². The van der Waals surface area contributed by atoms with Crippen LogP contribution in [0.4, 0.5) is 5.69 Å². The molecule has 1 amide bonds. The number of benzene rings is 3. The smallest absolute Gasteiger partial charge is 0.227 e. The summed E-state index contributed by atoms with van der Waals surface area (Å²) in [5, 5.41) is 0.614. The average molecular weight is 525 g/mol. The quantitative estimate of drug-likeness (QED) is 0.261. The number of fused-ring (bicyclic) bond motifs is 1. The molecule has 0 saturated carbocycles. The van der Waals surface area contributed by atoms with E-state index < -0.39 is 0 Å². The van der Waals surface area contributed by atoms with Gasteiger partial charge in [-0.25, -0.2) is 4.98 Å². The zero-order chi connectivity index (χ0) is 22.8. The zero-order valence-electron chi connectivity index (χ0n) is 18.0. The van der Waals surface area contributed by atoms with Gasteiger partial charge in [-0.2, -0.15) is 0 Å². The van der Waals surface area contributed by atoms with Gasteiger partial charge in [-0.15, -0.1) is 0 Å². The molecule has 5 rings (SSSR count). The maximum Gasteiger partial charge on any atom is 0.227 e. The van der Waals surface area contributed by atoms with Crippen LogP contribution in [0.3, 0.4) is 0 Å². The minimum absolute atomic E-state index is 0.0355. The van der Waals surface area contributed by atoms with E-state index in [-0.39, 0.29) is 11.8 Å². The number of hydrogen-bond donors (Lipinski definition) is 0. The van der Waals surface area contributed by atoms with Crippen molar-refractivity contribution in [3.8, 4) is 5.75 Å². The molecule has 0 spiro atoms. The molecule has 2 heterocycles. The fourth-order valence-electron chi connectivity index (χ4n) is 4.38. The van der Waals surface area contributed by atoms with Crippen LogP contribution in [-0.2, 0) is 11.3 Å². The highest BCUT2D eigenvalue weighted by Gasteiger charge is 2.34. The van der Waals surface area contributed by atoms with E-state index in [1.54, 1.807) is 0 Å². The molecular weight excluding hydrogens is 502 g/mol. The van der Waals surface area contributed by atoms with Crippen LogP contribution in [-0.4, -0.2) is 28.6 Å². The van der Waals surface area contributed by atoms with Crippen LogP contribution in [0, 0.1) is 0 Å². The van der Waals surface area contributed by atoms with Gasteiger partial charge >= 0.3 is 0 Å². The van der Waals surface area contributed by atoms with E-state index in [2.05, 4.69) is 26.6 Å². The molecule has 1 unspecified atom stereocenters. The Morgan fingerprint density at radius 2 is 1.88 bits per heavy atom. The fraction of sp³-hybridized carbons (Fsp3) is 0.231. The molecule has 1 fully saturated rings. The highest BCUT2D eigenvalue weighted by molar-refractivity contribution is 9.10. The number of aromatic nitrogens is 2. The van der Waals surface area contributed by atoms with Crippen LogP contribution >= 0.6 is 27.5 Å². The number of rotatable bonds is 7. The molecule has 1 aliphatic rings. The first-order valence-electron chi connectivity index (χ1n) is 11.0. The van der Waals surface area contributed by atoms with Crippen LogP contribution < -0.4 is 9.64 Å². The van der Waals surface area contributed by atoms with E-state index in [1.165, 1.54) is 0 Å². The molecule has 33 heavy (non-hydrogen) atoms. The van der Waals surface area contributed by atoms with E-state index in [0.717, 1.165) is 40.0 Å². The average Bonchev–Trinajstić information content (AvgIpc) is 3.38. The monoisotopic (exact) mass is 523 g/mol. The molecule has 0 aliphatic carbocycles. The van der Waals surface area contributed by atoms with Crippen molar-refractivity contribution in [1.82, 2.24) is 9.55 Å². The first-order chi connectivity index (χ1) is 16.1. The van der Waals surface area contributed by atoms with Crippen molar-refractivity contribution < 1.29 is 9.53 Å². The minimum Gasteiger partial charge on any atom is -0.492 e. The summed E-state index contributed by atoms with van der Waals surface area (Å²) < 4.78 is 9.09. The number of anilines is 1. The Morgan fingerprint density at radius 3 is 2.73 bits per heavy atom. The predicted octanol–water partition coefficient (Wildman–Crippen LogP) is 6.44. The third-order valence-corrected chi connectivity index (χ3v) is 6.72. The number of para-hydroxylation sites is 3. The minimum atomic E-state index is 0.0355. The van der Waals surface area contributed by atoms with Gasteiger partial charge in [-0.1, -0.05) is 57.9 Å². The van der Waals surface area contributed by atoms with E-state index in [1.807, 2.05) is 71.6 Å². The number of amides is 1.